The molecule has 1 heterocycles. The molecule has 0 aromatic heterocycles. The van der Waals surface area contributed by atoms with Crippen LogP contribution in [0.2, 0.25) is 0 Å². The summed E-state index contributed by atoms with van der Waals surface area (Å²) >= 11 is 0. The summed E-state index contributed by atoms with van der Waals surface area (Å²) in [5, 5.41) is 20.9. The zero-order chi connectivity index (χ0) is 15.5. The van der Waals surface area contributed by atoms with Gasteiger partial charge in [-0.05, 0) is 17.7 Å². The predicted molar refractivity (Wildman–Crippen MR) is 70.3 cm³/mol. The number of alkyl halides is 2. The molecule has 1 aliphatic heterocycles. The second kappa shape index (κ2) is 6.43. The van der Waals surface area contributed by atoms with Gasteiger partial charge in [0.05, 0.1) is 5.56 Å². The minimum atomic E-state index is -3.37. The number of aliphatic hydroxyl groups is 1. The van der Waals surface area contributed by atoms with Gasteiger partial charge in [-0.25, -0.2) is 13.2 Å². The Hall–Kier alpha value is -1.62. The van der Waals surface area contributed by atoms with Crippen LogP contribution in [0.25, 0.3) is 0 Å². The van der Waals surface area contributed by atoms with Gasteiger partial charge in [-0.1, -0.05) is 6.07 Å². The van der Waals surface area contributed by atoms with E-state index in [9.17, 15) is 13.2 Å². The molecule has 1 saturated heterocycles. The number of nitrogens with zero attached hydrogens (tertiary/aromatic N) is 2. The monoisotopic (exact) mass is 299 g/mol. The maximum Gasteiger partial charge on any atom is 0.289 e. The van der Waals surface area contributed by atoms with Crippen LogP contribution in [0.4, 0.5) is 13.2 Å². The molecule has 0 aliphatic carbocycles. The Morgan fingerprint density at radius 3 is 2.62 bits per heavy atom. The Morgan fingerprint density at radius 1 is 1.38 bits per heavy atom. The van der Waals surface area contributed by atoms with E-state index in [2.05, 4.69) is 5.32 Å². The molecule has 0 unspecified atom stereocenters. The van der Waals surface area contributed by atoms with E-state index in [1.54, 1.807) is 11.0 Å². The zero-order valence-electron chi connectivity index (χ0n) is 11.3. The van der Waals surface area contributed by atoms with Gasteiger partial charge in [-0.15, -0.1) is 0 Å². The number of benzene rings is 1. The summed E-state index contributed by atoms with van der Waals surface area (Å²) in [7, 11) is 0. The van der Waals surface area contributed by atoms with E-state index < -0.39 is 24.4 Å². The minimum absolute atomic E-state index is 0.133. The van der Waals surface area contributed by atoms with Gasteiger partial charge in [0.1, 0.15) is 24.5 Å². The van der Waals surface area contributed by atoms with E-state index in [-0.39, 0.29) is 11.1 Å². The Balaban J connectivity index is 2.42. The number of nitrogens with one attached hydrogen (secondary N) is 1. The van der Waals surface area contributed by atoms with Crippen molar-refractivity contribution in [2.24, 2.45) is 0 Å². The van der Waals surface area contributed by atoms with Gasteiger partial charge < -0.3 is 10.4 Å². The van der Waals surface area contributed by atoms with Crippen molar-refractivity contribution in [3.8, 4) is 6.07 Å². The molecule has 1 aromatic rings. The molecule has 4 nitrogen and oxygen atoms in total. The van der Waals surface area contributed by atoms with Gasteiger partial charge in [0.2, 0.25) is 0 Å². The first kappa shape index (κ1) is 15.8. The highest BCUT2D eigenvalue weighted by atomic mass is 19.3. The van der Waals surface area contributed by atoms with Gasteiger partial charge in [-0.3, -0.25) is 4.90 Å². The number of piperazine rings is 1. The Kier molecular flexibility index (Phi) is 4.83. The largest absolute Gasteiger partial charge is 0.390 e. The SMILES string of the molecule is N#Cc1cc([C@@H](N2CCNCC2)C(F)(F)CO)ccc1F. The minimum Gasteiger partial charge on any atom is -0.390 e. The number of rotatable bonds is 4. The molecule has 0 amide bonds. The fourth-order valence-electron chi connectivity index (χ4n) is 2.55. The third kappa shape index (κ3) is 3.35. The summed E-state index contributed by atoms with van der Waals surface area (Å²) in [4.78, 5) is 1.54. The van der Waals surface area contributed by atoms with Crippen molar-refractivity contribution in [1.82, 2.24) is 10.2 Å². The molecule has 0 bridgehead atoms. The molecule has 1 aromatic carbocycles. The normalized spacial score (nSPS) is 18.2. The Labute approximate surface area is 120 Å². The van der Waals surface area contributed by atoms with Gasteiger partial charge in [0.25, 0.3) is 5.92 Å². The van der Waals surface area contributed by atoms with Gasteiger partial charge in [-0.2, -0.15) is 5.26 Å². The molecule has 2 N–H and O–H groups in total. The van der Waals surface area contributed by atoms with E-state index in [0.29, 0.717) is 26.2 Å². The number of hydrogen-bond acceptors (Lipinski definition) is 4. The van der Waals surface area contributed by atoms with Crippen LogP contribution in [-0.4, -0.2) is 48.7 Å². The van der Waals surface area contributed by atoms with Crippen molar-refractivity contribution in [3.05, 3.63) is 35.1 Å². The molecular formula is C14H16F3N3O. The van der Waals surface area contributed by atoms with Crippen molar-refractivity contribution >= 4 is 0 Å². The summed E-state index contributed by atoms with van der Waals surface area (Å²) in [6, 6.07) is 3.66. The summed E-state index contributed by atoms with van der Waals surface area (Å²) in [6.07, 6.45) is 0. The first-order valence-electron chi connectivity index (χ1n) is 6.62. The van der Waals surface area contributed by atoms with Crippen LogP contribution in [0.3, 0.4) is 0 Å². The van der Waals surface area contributed by atoms with Crippen molar-refractivity contribution in [1.29, 1.82) is 5.26 Å². The molecule has 1 fully saturated rings. The van der Waals surface area contributed by atoms with Gasteiger partial charge in [0, 0.05) is 26.2 Å². The number of nitriles is 1. The van der Waals surface area contributed by atoms with Crippen LogP contribution < -0.4 is 5.32 Å². The molecule has 21 heavy (non-hydrogen) atoms. The topological polar surface area (TPSA) is 59.3 Å². The lowest BCUT2D eigenvalue weighted by atomic mass is 9.96. The highest BCUT2D eigenvalue weighted by Gasteiger charge is 2.44. The fourth-order valence-corrected chi connectivity index (χ4v) is 2.55. The summed E-state index contributed by atoms with van der Waals surface area (Å²) in [5.74, 6) is -4.12. The molecule has 7 heteroatoms. The van der Waals surface area contributed by atoms with Crippen LogP contribution >= 0.6 is 0 Å². The molecule has 1 atom stereocenters. The average Bonchev–Trinajstić information content (AvgIpc) is 2.50. The molecule has 2 rings (SSSR count). The molecule has 0 radical (unpaired) electrons. The molecule has 114 valence electrons. The molecular weight excluding hydrogens is 283 g/mol. The van der Waals surface area contributed by atoms with Crippen LogP contribution in [0.1, 0.15) is 17.2 Å². The van der Waals surface area contributed by atoms with Gasteiger partial charge >= 0.3 is 0 Å². The zero-order valence-corrected chi connectivity index (χ0v) is 11.3. The second-order valence-electron chi connectivity index (χ2n) is 4.96. The lowest BCUT2D eigenvalue weighted by molar-refractivity contribution is -0.118. The van der Waals surface area contributed by atoms with Crippen LogP contribution in [-0.2, 0) is 0 Å². The highest BCUT2D eigenvalue weighted by Crippen LogP contribution is 2.37. The van der Waals surface area contributed by atoms with E-state index in [1.807, 2.05) is 0 Å². The van der Waals surface area contributed by atoms with E-state index in [4.69, 9.17) is 10.4 Å². The number of hydrogen-bond donors (Lipinski definition) is 2. The van der Waals surface area contributed by atoms with Crippen LogP contribution in [0.15, 0.2) is 18.2 Å². The van der Waals surface area contributed by atoms with Crippen LogP contribution in [0.5, 0.6) is 0 Å². The Bertz CT molecular complexity index is 539. The first-order chi connectivity index (χ1) is 9.99. The summed E-state index contributed by atoms with van der Waals surface area (Å²) < 4.78 is 41.6. The van der Waals surface area contributed by atoms with Crippen LogP contribution in [0, 0.1) is 17.1 Å². The van der Waals surface area contributed by atoms with Crippen molar-refractivity contribution in [2.75, 3.05) is 32.8 Å². The van der Waals surface area contributed by atoms with E-state index >= 15 is 0 Å². The third-order valence-electron chi connectivity index (χ3n) is 3.55. The standard InChI is InChI=1S/C14H16F3N3O/c15-12-2-1-10(7-11(12)8-18)13(14(16,17)9-21)20-5-3-19-4-6-20/h1-2,7,13,19,21H,3-6,9H2/t13-/m1/s1. The average molecular weight is 299 g/mol. The molecule has 0 saturated carbocycles. The third-order valence-corrected chi connectivity index (χ3v) is 3.55. The smallest absolute Gasteiger partial charge is 0.289 e. The highest BCUT2D eigenvalue weighted by molar-refractivity contribution is 5.36. The quantitative estimate of drug-likeness (QED) is 0.879. The summed E-state index contributed by atoms with van der Waals surface area (Å²) in [5.41, 5.74) is -0.143. The first-order valence-corrected chi connectivity index (χ1v) is 6.62. The van der Waals surface area contributed by atoms with Crippen molar-refractivity contribution < 1.29 is 18.3 Å². The lowest BCUT2D eigenvalue weighted by Crippen LogP contribution is -2.51. The maximum absolute atomic E-state index is 14.1. The van der Waals surface area contributed by atoms with Crippen molar-refractivity contribution in [2.45, 2.75) is 12.0 Å². The lowest BCUT2D eigenvalue weighted by Gasteiger charge is -2.38. The number of halogens is 3. The van der Waals surface area contributed by atoms with E-state index in [0.717, 1.165) is 12.1 Å². The fraction of sp³-hybridized carbons (Fsp3) is 0.500. The maximum atomic E-state index is 14.1. The summed E-state index contributed by atoms with van der Waals surface area (Å²) in [6.45, 7) is 0.592. The molecule has 1 aliphatic rings. The Morgan fingerprint density at radius 2 is 2.05 bits per heavy atom. The number of aliphatic hydroxyl groups excluding tert-OH is 1. The van der Waals surface area contributed by atoms with Gasteiger partial charge in [0.15, 0.2) is 0 Å². The van der Waals surface area contributed by atoms with Crippen molar-refractivity contribution in [3.63, 3.8) is 0 Å². The predicted octanol–water partition coefficient (Wildman–Crippen LogP) is 1.27. The molecule has 0 spiro atoms. The second-order valence-corrected chi connectivity index (χ2v) is 4.96. The van der Waals surface area contributed by atoms with E-state index in [1.165, 1.54) is 6.07 Å².